The van der Waals surface area contributed by atoms with Gasteiger partial charge in [0.05, 0.1) is 12.3 Å². The largest absolute Gasteiger partial charge is 0.482 e. The van der Waals surface area contributed by atoms with E-state index >= 15 is 0 Å². The minimum atomic E-state index is -1.64. The number of hydrogen-bond donors (Lipinski definition) is 3. The molecule has 10 nitrogen and oxygen atoms in total. The van der Waals surface area contributed by atoms with E-state index in [1.165, 1.54) is 0 Å². The number of carbonyl (C=O) groups excluding carboxylic acids is 4. The number of halogens is 3. The number of ether oxygens (including phenoxy) is 1. The van der Waals surface area contributed by atoms with Gasteiger partial charge in [-0.1, -0.05) is 51.1 Å². The number of carboxylic acid groups (broad SMARTS) is 1. The van der Waals surface area contributed by atoms with Gasteiger partial charge in [-0.05, 0) is 30.4 Å². The van der Waals surface area contributed by atoms with Gasteiger partial charge in [-0.15, -0.1) is 0 Å². The first-order valence-electron chi connectivity index (χ1n) is 13.8. The first-order chi connectivity index (χ1) is 20.6. The zero-order chi connectivity index (χ0) is 32.8. The predicted octanol–water partition coefficient (Wildman–Crippen LogP) is 3.66. The molecule has 44 heavy (non-hydrogen) atoms. The van der Waals surface area contributed by atoms with Gasteiger partial charge in [-0.25, -0.2) is 8.78 Å². The van der Waals surface area contributed by atoms with E-state index in [1.54, 1.807) is 24.3 Å². The minimum absolute atomic E-state index is 0.0252. The van der Waals surface area contributed by atoms with E-state index < -0.39 is 83.2 Å². The van der Waals surface area contributed by atoms with Crippen LogP contribution in [0.5, 0.6) is 5.75 Å². The smallest absolute Gasteiger partial charge is 0.313 e. The van der Waals surface area contributed by atoms with E-state index in [0.717, 1.165) is 17.4 Å². The molecule has 1 heterocycles. The molecule has 0 saturated carbocycles. The number of nitrogens with one attached hydrogen (secondary N) is 2. The number of rotatable bonds is 9. The maximum atomic E-state index is 14.1. The fraction of sp³-hybridized carbons (Fsp3) is 0.387. The fourth-order valence-corrected chi connectivity index (χ4v) is 4.59. The molecule has 0 fully saturated rings. The number of nitrogens with zero attached hydrogens (tertiary/aromatic N) is 1. The van der Waals surface area contributed by atoms with Crippen molar-refractivity contribution in [3.05, 3.63) is 71.1 Å². The maximum absolute atomic E-state index is 14.1. The Morgan fingerprint density at radius 1 is 1.07 bits per heavy atom. The van der Waals surface area contributed by atoms with Crippen LogP contribution in [0.1, 0.15) is 44.7 Å². The lowest BCUT2D eigenvalue weighted by Gasteiger charge is -2.26. The van der Waals surface area contributed by atoms with Crippen LogP contribution in [0.15, 0.2) is 42.5 Å². The molecular formula is C31H34F3N3O7. The van der Waals surface area contributed by atoms with Gasteiger partial charge in [0.1, 0.15) is 18.5 Å². The van der Waals surface area contributed by atoms with E-state index in [9.17, 15) is 42.3 Å². The molecule has 3 rings (SSSR count). The van der Waals surface area contributed by atoms with Crippen LogP contribution in [0.3, 0.4) is 0 Å². The van der Waals surface area contributed by atoms with Crippen LogP contribution >= 0.6 is 0 Å². The van der Waals surface area contributed by atoms with Crippen molar-refractivity contribution < 1.29 is 47.0 Å². The third-order valence-electron chi connectivity index (χ3n) is 6.99. The van der Waals surface area contributed by atoms with E-state index in [2.05, 4.69) is 10.6 Å². The Labute approximate surface area is 252 Å². The molecule has 236 valence electrons. The lowest BCUT2D eigenvalue weighted by atomic mass is 9.86. The van der Waals surface area contributed by atoms with Gasteiger partial charge in [0.25, 0.3) is 0 Å². The molecule has 1 unspecified atom stereocenters. The number of carbonyl (C=O) groups is 5. The first kappa shape index (κ1) is 33.8. The van der Waals surface area contributed by atoms with Gasteiger partial charge in [0.15, 0.2) is 17.3 Å². The monoisotopic (exact) mass is 617 g/mol. The Morgan fingerprint density at radius 2 is 1.75 bits per heavy atom. The molecule has 0 aliphatic carbocycles. The molecule has 1 aliphatic rings. The summed E-state index contributed by atoms with van der Waals surface area (Å²) in [6.07, 6.45) is 2.46. The highest BCUT2D eigenvalue weighted by molar-refractivity contribution is 6.39. The van der Waals surface area contributed by atoms with Crippen molar-refractivity contribution in [1.29, 1.82) is 0 Å². The number of allylic oxidation sites excluding steroid dienone is 1. The standard InChI is InChI=1S/C31H34F3N3O7/c1-17-20(32)13-21(33)26(34)27(17)44-16-24(38)23(14-25(39)40)36-28(41)18-9-7-8-12-37(15-18)30(43)29(42)35-22-11-6-5-10-19(22)31(2,3)4/h5-8,10-11,13,18,23H,9,12,14-16H2,1-4H3,(H,35,42)(H,36,41)(H,39,40)/t18-,23?/m0/s1. The van der Waals surface area contributed by atoms with Gasteiger partial charge in [0, 0.05) is 30.4 Å². The summed E-state index contributed by atoms with van der Waals surface area (Å²) >= 11 is 0. The van der Waals surface area contributed by atoms with E-state index in [0.29, 0.717) is 11.8 Å². The van der Waals surface area contributed by atoms with Crippen molar-refractivity contribution >= 4 is 35.2 Å². The summed E-state index contributed by atoms with van der Waals surface area (Å²) in [7, 11) is 0. The number of para-hydroxylation sites is 1. The molecule has 2 aromatic rings. The van der Waals surface area contributed by atoms with Crippen LogP contribution in [0, 0.1) is 30.3 Å². The lowest BCUT2D eigenvalue weighted by Crippen LogP contribution is -2.49. The number of benzene rings is 2. The van der Waals surface area contributed by atoms with Crippen LogP contribution in [0.2, 0.25) is 0 Å². The molecule has 13 heteroatoms. The second kappa shape index (κ2) is 14.2. The summed E-state index contributed by atoms with van der Waals surface area (Å²) in [5.41, 5.74) is 0.548. The summed E-state index contributed by atoms with van der Waals surface area (Å²) in [5, 5.41) is 14.3. The van der Waals surface area contributed by atoms with Crippen LogP contribution in [-0.4, -0.2) is 65.2 Å². The Kier molecular flexibility index (Phi) is 10.9. The van der Waals surface area contributed by atoms with Crippen molar-refractivity contribution in [1.82, 2.24) is 10.2 Å². The zero-order valence-electron chi connectivity index (χ0n) is 24.7. The van der Waals surface area contributed by atoms with Gasteiger partial charge < -0.3 is 25.4 Å². The second-order valence-electron chi connectivity index (χ2n) is 11.4. The molecule has 0 radical (unpaired) electrons. The molecule has 1 aliphatic heterocycles. The van der Waals surface area contributed by atoms with Crippen molar-refractivity contribution in [2.75, 3.05) is 25.0 Å². The molecule has 0 spiro atoms. The molecule has 3 amide bonds. The van der Waals surface area contributed by atoms with Crippen molar-refractivity contribution in [3.8, 4) is 5.75 Å². The number of aliphatic carboxylic acids is 1. The summed E-state index contributed by atoms with van der Waals surface area (Å²) in [4.78, 5) is 64.6. The Balaban J connectivity index is 1.70. The van der Waals surface area contributed by atoms with E-state index in [1.807, 2.05) is 32.9 Å². The number of Topliss-reactive ketones (excluding diaryl/α,β-unsaturated/α-hetero) is 1. The van der Waals surface area contributed by atoms with E-state index in [4.69, 9.17) is 4.74 Å². The lowest BCUT2D eigenvalue weighted by molar-refractivity contribution is -0.144. The normalized spacial score (nSPS) is 15.6. The quantitative estimate of drug-likeness (QED) is 0.222. The van der Waals surface area contributed by atoms with Crippen LogP contribution in [0.4, 0.5) is 18.9 Å². The van der Waals surface area contributed by atoms with Crippen molar-refractivity contribution in [2.45, 2.75) is 52.0 Å². The molecule has 2 aromatic carbocycles. The summed E-state index contributed by atoms with van der Waals surface area (Å²) in [6, 6.07) is 5.72. The number of hydrogen-bond acceptors (Lipinski definition) is 6. The van der Waals surface area contributed by atoms with Gasteiger partial charge >= 0.3 is 17.8 Å². The average molecular weight is 618 g/mol. The summed E-state index contributed by atoms with van der Waals surface area (Å²) < 4.78 is 46.6. The second-order valence-corrected chi connectivity index (χ2v) is 11.4. The maximum Gasteiger partial charge on any atom is 0.313 e. The highest BCUT2D eigenvalue weighted by atomic mass is 19.2. The number of amides is 3. The third-order valence-corrected chi connectivity index (χ3v) is 6.99. The minimum Gasteiger partial charge on any atom is -0.482 e. The average Bonchev–Trinajstić information content (AvgIpc) is 3.21. The van der Waals surface area contributed by atoms with E-state index in [-0.39, 0.29) is 24.9 Å². The Hall–Kier alpha value is -4.68. The molecular weight excluding hydrogens is 583 g/mol. The van der Waals surface area contributed by atoms with Gasteiger partial charge in [-0.3, -0.25) is 24.0 Å². The first-order valence-corrected chi connectivity index (χ1v) is 13.8. The van der Waals surface area contributed by atoms with Crippen LogP contribution in [-0.2, 0) is 29.4 Å². The zero-order valence-corrected chi connectivity index (χ0v) is 24.7. The predicted molar refractivity (Wildman–Crippen MR) is 153 cm³/mol. The van der Waals surface area contributed by atoms with Crippen LogP contribution < -0.4 is 15.4 Å². The molecule has 0 bridgehead atoms. The summed E-state index contributed by atoms with van der Waals surface area (Å²) in [6.45, 7) is 5.78. The number of ketones is 1. The topological polar surface area (TPSA) is 142 Å². The van der Waals surface area contributed by atoms with Gasteiger partial charge in [-0.2, -0.15) is 4.39 Å². The SMILES string of the molecule is Cc1c(F)cc(F)c(F)c1OCC(=O)C(CC(=O)O)NC(=O)[C@H]1CC=CCN(C(=O)C(=O)Nc2ccccc2C(C)(C)C)C1. The number of carboxylic acids is 1. The van der Waals surface area contributed by atoms with Crippen molar-refractivity contribution in [2.24, 2.45) is 5.92 Å². The highest BCUT2D eigenvalue weighted by Crippen LogP contribution is 2.30. The summed E-state index contributed by atoms with van der Waals surface area (Å²) in [5.74, 6) is -11.1. The molecule has 2 atom stereocenters. The molecule has 3 N–H and O–H groups in total. The van der Waals surface area contributed by atoms with Gasteiger partial charge in [0.2, 0.25) is 11.7 Å². The van der Waals surface area contributed by atoms with Crippen molar-refractivity contribution in [3.63, 3.8) is 0 Å². The highest BCUT2D eigenvalue weighted by Gasteiger charge is 2.32. The third kappa shape index (κ3) is 8.45. The number of anilines is 1. The Morgan fingerprint density at radius 3 is 2.41 bits per heavy atom. The molecule has 0 saturated heterocycles. The molecule has 0 aromatic heterocycles. The fourth-order valence-electron chi connectivity index (χ4n) is 4.59. The van der Waals surface area contributed by atoms with Crippen LogP contribution in [0.25, 0.3) is 0 Å². The Bertz CT molecular complexity index is 1460.